The van der Waals surface area contributed by atoms with Crippen LogP contribution in [0.4, 0.5) is 0 Å². The van der Waals surface area contributed by atoms with Crippen molar-refractivity contribution in [2.24, 2.45) is 0 Å². The monoisotopic (exact) mass is 332 g/mol. The van der Waals surface area contributed by atoms with Gasteiger partial charge >= 0.3 is 26.2 Å². The zero-order valence-corrected chi connectivity index (χ0v) is 10.9. The molecule has 0 fully saturated rings. The van der Waals surface area contributed by atoms with Crippen molar-refractivity contribution in [3.63, 3.8) is 0 Å². The average Bonchev–Trinajstić information content (AvgIpc) is 1.25. The van der Waals surface area contributed by atoms with Crippen LogP contribution in [-0.2, 0) is 9.59 Å². The molecule has 0 bridgehead atoms. The predicted molar refractivity (Wildman–Crippen MR) is 36.6 cm³/mol. The summed E-state index contributed by atoms with van der Waals surface area (Å²) in [7, 11) is 0. The van der Waals surface area contributed by atoms with Gasteiger partial charge in [0.1, 0.15) is 0 Å². The van der Waals surface area contributed by atoms with Crippen LogP contribution >= 0.6 is 0 Å². The van der Waals surface area contributed by atoms with Gasteiger partial charge in [0.2, 0.25) is 0 Å². The van der Waals surface area contributed by atoms with Gasteiger partial charge in [-0.2, -0.15) is 0 Å². The Balaban J connectivity index is -0.0000000720. The molecule has 0 aromatic heterocycles. The van der Waals surface area contributed by atoms with E-state index in [1.54, 1.807) is 0 Å². The van der Waals surface area contributed by atoms with Crippen LogP contribution in [0.25, 0.3) is 0 Å². The second-order valence-corrected chi connectivity index (χ2v) is 1.04. The van der Waals surface area contributed by atoms with Crippen molar-refractivity contribution in [3.05, 3.63) is 0 Å². The normalized spacial score (nSPS) is 5.56. The van der Waals surface area contributed by atoms with Crippen LogP contribution in [0.2, 0.25) is 0 Å². The zero-order chi connectivity index (χ0) is 7.15. The number of rotatable bonds is 0. The van der Waals surface area contributed by atoms with E-state index in [4.69, 9.17) is 19.8 Å². The number of hydrogen-bond donors (Lipinski definition) is 2. The molecule has 0 aliphatic rings. The van der Waals surface area contributed by atoms with E-state index in [1.807, 2.05) is 0 Å². The summed E-state index contributed by atoms with van der Waals surface area (Å²) >= 11 is 0. The number of carboxylic acid groups (broad SMARTS) is 2. The van der Waals surface area contributed by atoms with Gasteiger partial charge in [-0.1, -0.05) is 0 Å². The fourth-order valence-corrected chi connectivity index (χ4v) is 0. The van der Waals surface area contributed by atoms with Crippen LogP contribution in [-0.4, -0.2) is 48.4 Å². The Morgan fingerprint density at radius 2 is 1.00 bits per heavy atom. The first-order valence-electron chi connectivity index (χ1n) is 1.86. The second kappa shape index (κ2) is 10.7. The standard InChI is InChI=1S/2C2H4O2.Bi.3H/c2*1-2(3)4;;;;/h2*1H3,(H,3,4);;;;. The summed E-state index contributed by atoms with van der Waals surface area (Å²) in [5.41, 5.74) is 0. The van der Waals surface area contributed by atoms with Gasteiger partial charge in [0, 0.05) is 13.8 Å². The first kappa shape index (κ1) is 15.9. The van der Waals surface area contributed by atoms with Gasteiger partial charge in [-0.15, -0.1) is 0 Å². The molecular formula is C4H11BiO4. The Kier molecular flexibility index (Phi) is 19.0. The Morgan fingerprint density at radius 3 is 1.00 bits per heavy atom. The Labute approximate surface area is 72.0 Å². The summed E-state index contributed by atoms with van der Waals surface area (Å²) in [4.78, 5) is 18.0. The van der Waals surface area contributed by atoms with E-state index in [2.05, 4.69) is 0 Å². The van der Waals surface area contributed by atoms with Crippen molar-refractivity contribution >= 4 is 38.1 Å². The fourth-order valence-electron chi connectivity index (χ4n) is 0. The molecule has 56 valence electrons. The van der Waals surface area contributed by atoms with Gasteiger partial charge in [-0.05, 0) is 0 Å². The molecule has 9 heavy (non-hydrogen) atoms. The van der Waals surface area contributed by atoms with Gasteiger partial charge in [0.25, 0.3) is 11.9 Å². The first-order chi connectivity index (χ1) is 3.46. The average molecular weight is 332 g/mol. The molecule has 0 aromatic carbocycles. The van der Waals surface area contributed by atoms with Crippen LogP contribution < -0.4 is 0 Å². The van der Waals surface area contributed by atoms with E-state index in [-0.39, 0.29) is 26.2 Å². The van der Waals surface area contributed by atoms with E-state index < -0.39 is 11.9 Å². The van der Waals surface area contributed by atoms with Gasteiger partial charge in [0.15, 0.2) is 0 Å². The maximum absolute atomic E-state index is 9.00. The van der Waals surface area contributed by atoms with Crippen LogP contribution in [0.3, 0.4) is 0 Å². The summed E-state index contributed by atoms with van der Waals surface area (Å²) < 4.78 is 0. The van der Waals surface area contributed by atoms with Gasteiger partial charge in [-0.3, -0.25) is 9.59 Å². The maximum atomic E-state index is 9.00. The zero-order valence-electron chi connectivity index (χ0n) is 5.42. The minimum atomic E-state index is -0.833. The molecule has 4 nitrogen and oxygen atoms in total. The van der Waals surface area contributed by atoms with E-state index in [0.717, 1.165) is 13.8 Å². The van der Waals surface area contributed by atoms with Crippen LogP contribution in [0.15, 0.2) is 0 Å². The molecule has 0 aliphatic heterocycles. The number of hydrogen-bond acceptors (Lipinski definition) is 2. The van der Waals surface area contributed by atoms with Crippen molar-refractivity contribution in [1.82, 2.24) is 0 Å². The molecule has 0 rings (SSSR count). The van der Waals surface area contributed by atoms with Crippen LogP contribution in [0.5, 0.6) is 0 Å². The van der Waals surface area contributed by atoms with Crippen LogP contribution in [0, 0.1) is 0 Å². The van der Waals surface area contributed by atoms with E-state index >= 15 is 0 Å². The Hall–Kier alpha value is -0.177. The fraction of sp³-hybridized carbons (Fsp3) is 0.500. The van der Waals surface area contributed by atoms with Crippen molar-refractivity contribution in [2.45, 2.75) is 13.8 Å². The molecule has 0 unspecified atom stereocenters. The quantitative estimate of drug-likeness (QED) is 0.558. The summed E-state index contributed by atoms with van der Waals surface area (Å²) in [5, 5.41) is 14.8. The molecule has 0 amide bonds. The van der Waals surface area contributed by atoms with Gasteiger partial charge < -0.3 is 10.2 Å². The molecule has 0 aromatic rings. The van der Waals surface area contributed by atoms with Crippen molar-refractivity contribution in [3.8, 4) is 0 Å². The predicted octanol–water partition coefficient (Wildman–Crippen LogP) is -1.00. The molecule has 0 aliphatic carbocycles. The molecule has 2 N–H and O–H groups in total. The molecule has 0 spiro atoms. The number of carbonyl (C=O) groups is 2. The summed E-state index contributed by atoms with van der Waals surface area (Å²) in [5.74, 6) is -1.67. The molecule has 0 saturated carbocycles. The molecule has 0 atom stereocenters. The molecule has 0 saturated heterocycles. The van der Waals surface area contributed by atoms with Crippen LogP contribution in [0.1, 0.15) is 13.8 Å². The third-order valence-electron chi connectivity index (χ3n) is 0. The number of aliphatic carboxylic acids is 2. The summed E-state index contributed by atoms with van der Waals surface area (Å²) in [6, 6.07) is 0. The minimum absolute atomic E-state index is 0. The molecule has 0 radical (unpaired) electrons. The molecule has 5 heteroatoms. The van der Waals surface area contributed by atoms with E-state index in [1.165, 1.54) is 0 Å². The SMILES string of the molecule is CC(=O)O.CC(=O)O.[BiH3]. The summed E-state index contributed by atoms with van der Waals surface area (Å²) in [6.45, 7) is 2.17. The van der Waals surface area contributed by atoms with Gasteiger partial charge in [0.05, 0.1) is 0 Å². The van der Waals surface area contributed by atoms with E-state index in [0.29, 0.717) is 0 Å². The molecular weight excluding hydrogens is 321 g/mol. The van der Waals surface area contributed by atoms with E-state index in [9.17, 15) is 0 Å². The number of carboxylic acids is 2. The third-order valence-corrected chi connectivity index (χ3v) is 0. The Bertz CT molecular complexity index is 70.6. The topological polar surface area (TPSA) is 74.6 Å². The Morgan fingerprint density at radius 1 is 1.00 bits per heavy atom. The summed E-state index contributed by atoms with van der Waals surface area (Å²) in [6.07, 6.45) is 0. The second-order valence-electron chi connectivity index (χ2n) is 1.04. The first-order valence-corrected chi connectivity index (χ1v) is 1.86. The van der Waals surface area contributed by atoms with Crippen molar-refractivity contribution in [2.75, 3.05) is 0 Å². The van der Waals surface area contributed by atoms with Crippen molar-refractivity contribution < 1.29 is 19.8 Å². The molecule has 0 heterocycles. The van der Waals surface area contributed by atoms with Gasteiger partial charge in [-0.25, -0.2) is 0 Å². The third kappa shape index (κ3) is 8480. The van der Waals surface area contributed by atoms with Crippen molar-refractivity contribution in [1.29, 1.82) is 0 Å².